The minimum absolute atomic E-state index is 0.00881. The van der Waals surface area contributed by atoms with Crippen molar-refractivity contribution in [2.75, 3.05) is 23.3 Å². The first-order valence-corrected chi connectivity index (χ1v) is 9.80. The van der Waals surface area contributed by atoms with Gasteiger partial charge < -0.3 is 10.2 Å². The zero-order chi connectivity index (χ0) is 18.8. The minimum atomic E-state index is -0.0915. The molecule has 7 heteroatoms. The van der Waals surface area contributed by atoms with Crippen LogP contribution in [0.3, 0.4) is 0 Å². The Bertz CT molecular complexity index is 950. The summed E-state index contributed by atoms with van der Waals surface area (Å²) in [4.78, 5) is 36.2. The largest absolute Gasteiger partial charge is 0.347 e. The molecule has 1 amide bonds. The van der Waals surface area contributed by atoms with E-state index in [1.165, 1.54) is 6.92 Å². The zero-order valence-electron chi connectivity index (χ0n) is 15.0. The Morgan fingerprint density at radius 2 is 2.04 bits per heavy atom. The molecule has 1 saturated heterocycles. The molecule has 0 aliphatic carbocycles. The summed E-state index contributed by atoms with van der Waals surface area (Å²) in [6, 6.07) is 10.9. The normalized spacial score (nSPS) is 17.1. The van der Waals surface area contributed by atoms with Gasteiger partial charge in [-0.1, -0.05) is 11.3 Å². The molecule has 1 aliphatic rings. The zero-order valence-corrected chi connectivity index (χ0v) is 15.8. The van der Waals surface area contributed by atoms with Gasteiger partial charge in [-0.25, -0.2) is 9.97 Å². The van der Waals surface area contributed by atoms with Crippen molar-refractivity contribution in [3.8, 4) is 0 Å². The first-order valence-electron chi connectivity index (χ1n) is 8.98. The lowest BCUT2D eigenvalue weighted by Crippen LogP contribution is -2.40. The molecule has 138 valence electrons. The molecular weight excluding hydrogens is 360 g/mol. The van der Waals surface area contributed by atoms with E-state index in [-0.39, 0.29) is 17.6 Å². The second-order valence-corrected chi connectivity index (χ2v) is 7.69. The average molecular weight is 380 g/mol. The Labute approximate surface area is 161 Å². The second kappa shape index (κ2) is 7.44. The number of fused-ring (bicyclic) bond motifs is 1. The third-order valence-corrected chi connectivity index (χ3v) is 5.82. The molecule has 1 N–H and O–H groups in total. The standard InChI is InChI=1S/C20H20N4O2S/c1-13(25)14-6-8-16(9-7-14)22-18(26)15-4-3-11-24(12-15)20-23-17-5-2-10-21-19(17)27-20/h2,5-10,15H,3-4,11-12H2,1H3,(H,22,26)/t15-/m0/s1. The highest BCUT2D eigenvalue weighted by molar-refractivity contribution is 7.21. The van der Waals surface area contributed by atoms with E-state index in [0.29, 0.717) is 17.8 Å². The van der Waals surface area contributed by atoms with Crippen molar-refractivity contribution < 1.29 is 9.59 Å². The lowest BCUT2D eigenvalue weighted by molar-refractivity contribution is -0.120. The number of amides is 1. The van der Waals surface area contributed by atoms with Crippen LogP contribution in [0.2, 0.25) is 0 Å². The monoisotopic (exact) mass is 380 g/mol. The minimum Gasteiger partial charge on any atom is -0.347 e. The summed E-state index contributed by atoms with van der Waals surface area (Å²) >= 11 is 1.57. The number of Topliss-reactive ketones (excluding diaryl/α,β-unsaturated/α-hetero) is 1. The van der Waals surface area contributed by atoms with Crippen molar-refractivity contribution in [1.29, 1.82) is 0 Å². The molecule has 6 nitrogen and oxygen atoms in total. The SMILES string of the molecule is CC(=O)c1ccc(NC(=O)[C@H]2CCCN(c3nc4cccnc4s3)C2)cc1. The van der Waals surface area contributed by atoms with E-state index in [1.807, 2.05) is 12.1 Å². The Kier molecular flexibility index (Phi) is 4.85. The number of thiazole rings is 1. The number of hydrogen-bond acceptors (Lipinski definition) is 6. The van der Waals surface area contributed by atoms with Crippen molar-refractivity contribution in [1.82, 2.24) is 9.97 Å². The van der Waals surface area contributed by atoms with Crippen LogP contribution >= 0.6 is 11.3 Å². The van der Waals surface area contributed by atoms with E-state index in [9.17, 15) is 9.59 Å². The number of nitrogens with one attached hydrogen (secondary N) is 1. The smallest absolute Gasteiger partial charge is 0.229 e. The van der Waals surface area contributed by atoms with Crippen LogP contribution in [-0.2, 0) is 4.79 Å². The van der Waals surface area contributed by atoms with Crippen molar-refractivity contribution in [2.45, 2.75) is 19.8 Å². The summed E-state index contributed by atoms with van der Waals surface area (Å²) in [6.07, 6.45) is 3.58. The number of anilines is 2. The highest BCUT2D eigenvalue weighted by Crippen LogP contribution is 2.30. The number of nitrogens with zero attached hydrogens (tertiary/aromatic N) is 3. The number of hydrogen-bond donors (Lipinski definition) is 1. The van der Waals surface area contributed by atoms with E-state index in [2.05, 4.69) is 20.2 Å². The predicted octanol–water partition coefficient (Wildman–Crippen LogP) is 3.75. The third-order valence-electron chi connectivity index (χ3n) is 4.78. The van der Waals surface area contributed by atoms with E-state index in [4.69, 9.17) is 0 Å². The Morgan fingerprint density at radius 3 is 2.78 bits per heavy atom. The topological polar surface area (TPSA) is 75.2 Å². The number of pyridine rings is 1. The van der Waals surface area contributed by atoms with Gasteiger partial charge in [0.1, 0.15) is 10.3 Å². The molecule has 1 aliphatic heterocycles. The van der Waals surface area contributed by atoms with Gasteiger partial charge in [-0.2, -0.15) is 0 Å². The fourth-order valence-electron chi connectivity index (χ4n) is 3.29. The van der Waals surface area contributed by atoms with E-state index < -0.39 is 0 Å². The molecule has 2 aromatic heterocycles. The summed E-state index contributed by atoms with van der Waals surface area (Å²) in [5.41, 5.74) is 2.25. The summed E-state index contributed by atoms with van der Waals surface area (Å²) in [7, 11) is 0. The average Bonchev–Trinajstić information content (AvgIpc) is 3.13. The van der Waals surface area contributed by atoms with Gasteiger partial charge in [0.05, 0.1) is 5.92 Å². The summed E-state index contributed by atoms with van der Waals surface area (Å²) < 4.78 is 0. The lowest BCUT2D eigenvalue weighted by atomic mass is 9.97. The molecule has 3 heterocycles. The molecule has 1 aromatic carbocycles. The number of ketones is 1. The quantitative estimate of drug-likeness (QED) is 0.698. The molecule has 0 spiro atoms. The number of carbonyl (C=O) groups excluding carboxylic acids is 2. The highest BCUT2D eigenvalue weighted by atomic mass is 32.1. The fraction of sp³-hybridized carbons (Fsp3) is 0.300. The van der Waals surface area contributed by atoms with Gasteiger partial charge in [0.15, 0.2) is 10.9 Å². The second-order valence-electron chi connectivity index (χ2n) is 6.73. The molecule has 0 saturated carbocycles. The van der Waals surface area contributed by atoms with Crippen molar-refractivity contribution in [3.63, 3.8) is 0 Å². The Balaban J connectivity index is 1.44. The first kappa shape index (κ1) is 17.6. The summed E-state index contributed by atoms with van der Waals surface area (Å²) in [5.74, 6) is -0.0677. The van der Waals surface area contributed by atoms with E-state index >= 15 is 0 Å². The van der Waals surface area contributed by atoms with Crippen LogP contribution in [0, 0.1) is 5.92 Å². The van der Waals surface area contributed by atoms with Gasteiger partial charge in [-0.15, -0.1) is 0 Å². The summed E-state index contributed by atoms with van der Waals surface area (Å²) in [5, 5.41) is 3.89. The number of aromatic nitrogens is 2. The van der Waals surface area contributed by atoms with Crippen molar-refractivity contribution in [2.24, 2.45) is 5.92 Å². The fourth-order valence-corrected chi connectivity index (χ4v) is 4.23. The molecule has 1 atom stereocenters. The Morgan fingerprint density at radius 1 is 1.22 bits per heavy atom. The number of carbonyl (C=O) groups is 2. The van der Waals surface area contributed by atoms with Crippen LogP contribution < -0.4 is 10.2 Å². The van der Waals surface area contributed by atoms with Crippen molar-refractivity contribution in [3.05, 3.63) is 48.2 Å². The lowest BCUT2D eigenvalue weighted by Gasteiger charge is -2.31. The maximum absolute atomic E-state index is 12.7. The van der Waals surface area contributed by atoms with Crippen LogP contribution in [-0.4, -0.2) is 34.7 Å². The maximum Gasteiger partial charge on any atom is 0.229 e. The van der Waals surface area contributed by atoms with Gasteiger partial charge in [-0.3, -0.25) is 9.59 Å². The molecule has 0 bridgehead atoms. The van der Waals surface area contributed by atoms with Crippen LogP contribution in [0.15, 0.2) is 42.6 Å². The molecule has 4 rings (SSSR count). The molecule has 0 unspecified atom stereocenters. The van der Waals surface area contributed by atoms with Gasteiger partial charge in [-0.05, 0) is 56.2 Å². The molecular formula is C20H20N4O2S. The maximum atomic E-state index is 12.7. The van der Waals surface area contributed by atoms with Crippen LogP contribution in [0.1, 0.15) is 30.1 Å². The molecule has 3 aromatic rings. The number of piperidine rings is 1. The van der Waals surface area contributed by atoms with E-state index in [1.54, 1.807) is 41.8 Å². The number of benzene rings is 1. The van der Waals surface area contributed by atoms with Gasteiger partial charge >= 0.3 is 0 Å². The van der Waals surface area contributed by atoms with Gasteiger partial charge in [0.2, 0.25) is 5.91 Å². The van der Waals surface area contributed by atoms with Crippen LogP contribution in [0.5, 0.6) is 0 Å². The van der Waals surface area contributed by atoms with Crippen LogP contribution in [0.25, 0.3) is 10.3 Å². The van der Waals surface area contributed by atoms with Crippen molar-refractivity contribution >= 4 is 44.2 Å². The van der Waals surface area contributed by atoms with Gasteiger partial charge in [0.25, 0.3) is 0 Å². The van der Waals surface area contributed by atoms with E-state index in [0.717, 1.165) is 34.9 Å². The van der Waals surface area contributed by atoms with Crippen LogP contribution in [0.4, 0.5) is 10.8 Å². The molecule has 0 radical (unpaired) electrons. The van der Waals surface area contributed by atoms with Gasteiger partial charge in [0, 0.05) is 30.5 Å². The predicted molar refractivity (Wildman–Crippen MR) is 107 cm³/mol. The third kappa shape index (κ3) is 3.83. The summed E-state index contributed by atoms with van der Waals surface area (Å²) in [6.45, 7) is 3.08. The Hall–Kier alpha value is -2.80. The highest BCUT2D eigenvalue weighted by Gasteiger charge is 2.27. The molecule has 1 fully saturated rings. The number of rotatable bonds is 4. The molecule has 27 heavy (non-hydrogen) atoms. The first-order chi connectivity index (χ1) is 13.1.